The lowest BCUT2D eigenvalue weighted by Crippen LogP contribution is -2.44. The van der Waals surface area contributed by atoms with Crippen molar-refractivity contribution in [3.8, 4) is 11.4 Å². The maximum atomic E-state index is 13.3. The minimum atomic E-state index is -4.53. The van der Waals surface area contributed by atoms with Gasteiger partial charge in [0.15, 0.2) is 11.5 Å². The van der Waals surface area contributed by atoms with E-state index in [1.807, 2.05) is 0 Å². The van der Waals surface area contributed by atoms with E-state index in [2.05, 4.69) is 25.6 Å². The molecule has 2 fully saturated rings. The number of rotatable bonds is 4. The number of pyridine rings is 1. The van der Waals surface area contributed by atoms with Gasteiger partial charge in [0.25, 0.3) is 0 Å². The highest BCUT2D eigenvalue weighted by Gasteiger charge is 2.44. The summed E-state index contributed by atoms with van der Waals surface area (Å²) in [5.41, 5.74) is -0.331. The fraction of sp³-hybridized carbons (Fsp3) is 0.526. The Labute approximate surface area is 155 Å². The molecule has 5 nitrogen and oxygen atoms in total. The molecule has 1 aliphatic heterocycles. The summed E-state index contributed by atoms with van der Waals surface area (Å²) in [5, 5.41) is 6.74. The molecule has 4 rings (SSSR count). The highest BCUT2D eigenvalue weighted by Crippen LogP contribution is 2.43. The first-order valence-corrected chi connectivity index (χ1v) is 9.30. The first-order valence-electron chi connectivity index (χ1n) is 9.30. The second kappa shape index (κ2) is 7.07. The van der Waals surface area contributed by atoms with Gasteiger partial charge in [-0.15, -0.1) is 0 Å². The predicted molar refractivity (Wildman–Crippen MR) is 96.1 cm³/mol. The van der Waals surface area contributed by atoms with Crippen molar-refractivity contribution in [2.24, 2.45) is 5.41 Å². The van der Waals surface area contributed by atoms with Crippen molar-refractivity contribution in [3.63, 3.8) is 0 Å². The van der Waals surface area contributed by atoms with Gasteiger partial charge in [-0.2, -0.15) is 13.2 Å². The Balaban J connectivity index is 1.62. The van der Waals surface area contributed by atoms with Crippen LogP contribution in [0.4, 0.5) is 19.0 Å². The van der Waals surface area contributed by atoms with Crippen molar-refractivity contribution >= 4 is 5.82 Å². The molecule has 8 heteroatoms. The maximum Gasteiger partial charge on any atom is 0.433 e. The topological polar surface area (TPSA) is 62.7 Å². The van der Waals surface area contributed by atoms with Gasteiger partial charge in [-0.05, 0) is 37.9 Å². The SMILES string of the molecule is FC(F)(F)c1cc(NCC23CCCCC2NCC3)nc(-c2ccncc2)n1. The van der Waals surface area contributed by atoms with E-state index in [-0.39, 0.29) is 17.1 Å². The van der Waals surface area contributed by atoms with E-state index in [4.69, 9.17) is 0 Å². The second-order valence-corrected chi connectivity index (χ2v) is 7.41. The van der Waals surface area contributed by atoms with E-state index in [1.54, 1.807) is 12.1 Å². The Bertz CT molecular complexity index is 796. The summed E-state index contributed by atoms with van der Waals surface area (Å²) in [5.74, 6) is 0.270. The van der Waals surface area contributed by atoms with Crippen molar-refractivity contribution in [1.29, 1.82) is 0 Å². The summed E-state index contributed by atoms with van der Waals surface area (Å²) in [6.07, 6.45) is 4.13. The molecule has 3 heterocycles. The highest BCUT2D eigenvalue weighted by molar-refractivity contribution is 5.57. The number of alkyl halides is 3. The zero-order valence-corrected chi connectivity index (χ0v) is 14.9. The van der Waals surface area contributed by atoms with Crippen molar-refractivity contribution in [3.05, 3.63) is 36.3 Å². The number of hydrogen-bond donors (Lipinski definition) is 2. The quantitative estimate of drug-likeness (QED) is 0.846. The third-order valence-corrected chi connectivity index (χ3v) is 5.75. The molecule has 0 aromatic carbocycles. The zero-order chi connectivity index (χ0) is 18.9. The number of aromatic nitrogens is 3. The average molecular weight is 377 g/mol. The molecule has 1 saturated carbocycles. The van der Waals surface area contributed by atoms with Gasteiger partial charge in [-0.1, -0.05) is 12.8 Å². The molecule has 27 heavy (non-hydrogen) atoms. The van der Waals surface area contributed by atoms with Crippen LogP contribution in [0.25, 0.3) is 11.4 Å². The van der Waals surface area contributed by atoms with Crippen molar-refractivity contribution in [2.45, 2.75) is 44.3 Å². The van der Waals surface area contributed by atoms with Crippen LogP contribution in [0, 0.1) is 5.41 Å². The molecule has 1 aliphatic carbocycles. The largest absolute Gasteiger partial charge is 0.433 e. The Hall–Kier alpha value is -2.22. The van der Waals surface area contributed by atoms with Crippen LogP contribution < -0.4 is 10.6 Å². The molecule has 1 saturated heterocycles. The summed E-state index contributed by atoms with van der Waals surface area (Å²) in [4.78, 5) is 12.0. The Morgan fingerprint density at radius 1 is 1.15 bits per heavy atom. The van der Waals surface area contributed by atoms with Crippen molar-refractivity contribution in [1.82, 2.24) is 20.3 Å². The van der Waals surface area contributed by atoms with Crippen LogP contribution in [0.2, 0.25) is 0 Å². The molecule has 2 atom stereocenters. The van der Waals surface area contributed by atoms with Gasteiger partial charge in [-0.25, -0.2) is 9.97 Å². The van der Waals surface area contributed by atoms with Gasteiger partial charge in [0.1, 0.15) is 5.82 Å². The first kappa shape index (κ1) is 18.2. The smallest absolute Gasteiger partial charge is 0.369 e. The average Bonchev–Trinajstić information content (AvgIpc) is 3.10. The molecule has 2 unspecified atom stereocenters. The summed E-state index contributed by atoms with van der Waals surface area (Å²) < 4.78 is 40.0. The number of fused-ring (bicyclic) bond motifs is 1. The van der Waals surface area contributed by atoms with Crippen molar-refractivity contribution in [2.75, 3.05) is 18.4 Å². The molecule has 2 aromatic rings. The lowest BCUT2D eigenvalue weighted by Gasteiger charge is -2.39. The van der Waals surface area contributed by atoms with Crippen LogP contribution in [0.5, 0.6) is 0 Å². The number of halogens is 3. The van der Waals surface area contributed by atoms with E-state index in [0.717, 1.165) is 31.9 Å². The molecule has 0 bridgehead atoms. The summed E-state index contributed by atoms with van der Waals surface area (Å²) in [6.45, 7) is 1.58. The lowest BCUT2D eigenvalue weighted by atomic mass is 9.70. The van der Waals surface area contributed by atoms with E-state index in [0.29, 0.717) is 18.2 Å². The fourth-order valence-corrected chi connectivity index (χ4v) is 4.30. The van der Waals surface area contributed by atoms with Crippen molar-refractivity contribution < 1.29 is 13.2 Å². The van der Waals surface area contributed by atoms with Crippen LogP contribution in [-0.4, -0.2) is 34.1 Å². The van der Waals surface area contributed by atoms with Gasteiger partial charge >= 0.3 is 6.18 Å². The van der Waals surface area contributed by atoms with Crippen LogP contribution in [0.1, 0.15) is 37.8 Å². The molecule has 0 radical (unpaired) electrons. The van der Waals surface area contributed by atoms with Gasteiger partial charge in [0, 0.05) is 42.0 Å². The monoisotopic (exact) mass is 377 g/mol. The van der Waals surface area contributed by atoms with E-state index in [1.165, 1.54) is 25.2 Å². The summed E-state index contributed by atoms with van der Waals surface area (Å²) >= 11 is 0. The lowest BCUT2D eigenvalue weighted by molar-refractivity contribution is -0.141. The first-order chi connectivity index (χ1) is 13.0. The fourth-order valence-electron chi connectivity index (χ4n) is 4.30. The van der Waals surface area contributed by atoms with Gasteiger partial charge < -0.3 is 10.6 Å². The van der Waals surface area contributed by atoms with E-state index < -0.39 is 11.9 Å². The zero-order valence-electron chi connectivity index (χ0n) is 14.9. The minimum absolute atomic E-state index is 0.0527. The molecular formula is C19H22F3N5. The summed E-state index contributed by atoms with van der Waals surface area (Å²) in [6, 6.07) is 4.65. The van der Waals surface area contributed by atoms with Crippen LogP contribution in [0.15, 0.2) is 30.6 Å². The molecule has 0 amide bonds. The standard InChI is InChI=1S/C19H22F3N5/c20-19(21,22)15-11-16(27-17(26-15)13-4-8-23-9-5-13)25-12-18-6-2-1-3-14(18)24-10-7-18/h4-5,8-9,11,14,24H,1-3,6-7,10,12H2,(H,25,26,27). The number of nitrogens with zero attached hydrogens (tertiary/aromatic N) is 3. The van der Waals surface area contributed by atoms with Crippen LogP contribution in [-0.2, 0) is 6.18 Å². The third kappa shape index (κ3) is 3.76. The van der Waals surface area contributed by atoms with Crippen LogP contribution >= 0.6 is 0 Å². The Morgan fingerprint density at radius 3 is 2.74 bits per heavy atom. The van der Waals surface area contributed by atoms with Gasteiger partial charge in [0.05, 0.1) is 0 Å². The number of nitrogens with one attached hydrogen (secondary N) is 2. The molecule has 144 valence electrons. The minimum Gasteiger partial charge on any atom is -0.369 e. The van der Waals surface area contributed by atoms with Crippen LogP contribution in [0.3, 0.4) is 0 Å². The molecule has 2 aliphatic rings. The molecule has 2 aromatic heterocycles. The van der Waals surface area contributed by atoms with Gasteiger partial charge in [-0.3, -0.25) is 4.98 Å². The molecule has 2 N–H and O–H groups in total. The Kier molecular flexibility index (Phi) is 4.75. The predicted octanol–water partition coefficient (Wildman–Crippen LogP) is 3.89. The maximum absolute atomic E-state index is 13.3. The third-order valence-electron chi connectivity index (χ3n) is 5.75. The van der Waals surface area contributed by atoms with Gasteiger partial charge in [0.2, 0.25) is 0 Å². The highest BCUT2D eigenvalue weighted by atomic mass is 19.4. The van der Waals surface area contributed by atoms with E-state index in [9.17, 15) is 13.2 Å². The van der Waals surface area contributed by atoms with E-state index >= 15 is 0 Å². The molecular weight excluding hydrogens is 355 g/mol. The number of anilines is 1. The second-order valence-electron chi connectivity index (χ2n) is 7.41. The Morgan fingerprint density at radius 2 is 1.96 bits per heavy atom. The summed E-state index contributed by atoms with van der Waals surface area (Å²) in [7, 11) is 0. The number of hydrogen-bond acceptors (Lipinski definition) is 5. The normalized spacial score (nSPS) is 25.2. The molecule has 0 spiro atoms.